The molecule has 0 aliphatic carbocycles. The third-order valence-electron chi connectivity index (χ3n) is 5.36. The Labute approximate surface area is 138 Å². The summed E-state index contributed by atoms with van der Waals surface area (Å²) < 4.78 is 5.81. The summed E-state index contributed by atoms with van der Waals surface area (Å²) >= 11 is 2.02. The van der Waals surface area contributed by atoms with Crippen molar-refractivity contribution in [2.45, 2.75) is 51.2 Å². The average molecular weight is 327 g/mol. The van der Waals surface area contributed by atoms with Crippen LogP contribution in [0.4, 0.5) is 0 Å². The number of amides is 1. The van der Waals surface area contributed by atoms with Gasteiger partial charge in [-0.25, -0.2) is 0 Å². The number of rotatable bonds is 5. The van der Waals surface area contributed by atoms with Crippen molar-refractivity contribution < 1.29 is 9.53 Å². The smallest absolute Gasteiger partial charge is 0.236 e. The first-order valence-electron chi connectivity index (χ1n) is 8.93. The van der Waals surface area contributed by atoms with Gasteiger partial charge in [-0.1, -0.05) is 6.92 Å². The van der Waals surface area contributed by atoms with Gasteiger partial charge >= 0.3 is 0 Å². The van der Waals surface area contributed by atoms with Crippen molar-refractivity contribution in [2.75, 3.05) is 44.3 Å². The molecule has 0 radical (unpaired) electrons. The summed E-state index contributed by atoms with van der Waals surface area (Å²) in [5.74, 6) is 3.53. The molecule has 0 aromatic rings. The number of carbonyl (C=O) groups is 1. The van der Waals surface area contributed by atoms with Crippen molar-refractivity contribution in [3.8, 4) is 0 Å². The van der Waals surface area contributed by atoms with Crippen LogP contribution in [0, 0.1) is 5.92 Å². The van der Waals surface area contributed by atoms with Crippen LogP contribution in [0.3, 0.4) is 0 Å². The van der Waals surface area contributed by atoms with E-state index < -0.39 is 0 Å². The Hall–Kier alpha value is -0.260. The number of hydrogen-bond donors (Lipinski definition) is 0. The Balaban J connectivity index is 1.54. The number of nitrogens with zero attached hydrogens (tertiary/aromatic N) is 2. The quantitative estimate of drug-likeness (QED) is 0.776. The number of hydrogen-bond acceptors (Lipinski definition) is 4. The van der Waals surface area contributed by atoms with Crippen molar-refractivity contribution in [1.29, 1.82) is 0 Å². The van der Waals surface area contributed by atoms with E-state index >= 15 is 0 Å². The Bertz CT molecular complexity index is 360. The topological polar surface area (TPSA) is 32.8 Å². The van der Waals surface area contributed by atoms with Gasteiger partial charge in [0.25, 0.3) is 0 Å². The van der Waals surface area contributed by atoms with Crippen LogP contribution in [0.25, 0.3) is 0 Å². The largest absolute Gasteiger partial charge is 0.377 e. The third-order valence-corrected chi connectivity index (χ3v) is 6.50. The molecule has 0 unspecified atom stereocenters. The Morgan fingerprint density at radius 3 is 2.73 bits per heavy atom. The second-order valence-electron chi connectivity index (χ2n) is 7.15. The van der Waals surface area contributed by atoms with Gasteiger partial charge in [0.15, 0.2) is 0 Å². The van der Waals surface area contributed by atoms with Crippen LogP contribution >= 0.6 is 11.8 Å². The molecule has 0 aromatic carbocycles. The van der Waals surface area contributed by atoms with E-state index in [2.05, 4.69) is 16.7 Å². The molecule has 3 aliphatic rings. The fraction of sp³-hybridized carbons (Fsp3) is 0.941. The van der Waals surface area contributed by atoms with Crippen molar-refractivity contribution in [1.82, 2.24) is 9.80 Å². The lowest BCUT2D eigenvalue weighted by atomic mass is 9.99. The fourth-order valence-corrected chi connectivity index (χ4v) is 4.99. The highest BCUT2D eigenvalue weighted by Crippen LogP contribution is 2.25. The highest BCUT2D eigenvalue weighted by Gasteiger charge is 2.30. The zero-order chi connectivity index (χ0) is 15.4. The summed E-state index contributed by atoms with van der Waals surface area (Å²) in [5, 5.41) is 0. The maximum atomic E-state index is 12.7. The fourth-order valence-electron chi connectivity index (χ4n) is 3.73. The Kier molecular flexibility index (Phi) is 6.05. The second-order valence-corrected chi connectivity index (χ2v) is 8.30. The van der Waals surface area contributed by atoms with Crippen LogP contribution in [0.15, 0.2) is 0 Å². The molecule has 3 aliphatic heterocycles. The predicted molar refractivity (Wildman–Crippen MR) is 91.3 cm³/mol. The van der Waals surface area contributed by atoms with E-state index in [0.717, 1.165) is 51.4 Å². The Morgan fingerprint density at radius 1 is 1.27 bits per heavy atom. The van der Waals surface area contributed by atoms with Gasteiger partial charge in [-0.2, -0.15) is 11.8 Å². The summed E-state index contributed by atoms with van der Waals surface area (Å²) in [7, 11) is 0. The van der Waals surface area contributed by atoms with Gasteiger partial charge in [-0.3, -0.25) is 9.69 Å². The minimum absolute atomic E-state index is 0.335. The second kappa shape index (κ2) is 8.02. The van der Waals surface area contributed by atoms with Gasteiger partial charge in [-0.05, 0) is 43.8 Å². The molecule has 3 fully saturated rings. The lowest BCUT2D eigenvalue weighted by molar-refractivity contribution is -0.134. The molecule has 0 bridgehead atoms. The SMILES string of the molecule is CC1CCN(C(=O)CN(C[C@H]2CCCO2)[C@H]2CCSC2)CC1. The maximum absolute atomic E-state index is 12.7. The Morgan fingerprint density at radius 2 is 2.09 bits per heavy atom. The third kappa shape index (κ3) is 4.39. The summed E-state index contributed by atoms with van der Waals surface area (Å²) in [6.07, 6.45) is 6.23. The van der Waals surface area contributed by atoms with Gasteiger partial charge in [0, 0.05) is 38.0 Å². The van der Waals surface area contributed by atoms with Crippen molar-refractivity contribution in [2.24, 2.45) is 5.92 Å². The van der Waals surface area contributed by atoms with E-state index in [1.807, 2.05) is 11.8 Å². The molecule has 3 heterocycles. The standard InChI is InChI=1S/C17H30N2O2S/c1-14-4-7-18(8-5-14)17(20)12-19(15-6-10-22-13-15)11-16-3-2-9-21-16/h14-16H,2-13H2,1H3/t15-,16+/m0/s1. The van der Waals surface area contributed by atoms with E-state index in [9.17, 15) is 4.79 Å². The van der Waals surface area contributed by atoms with Crippen molar-refractivity contribution in [3.05, 3.63) is 0 Å². The number of carbonyl (C=O) groups excluding carboxylic acids is 1. The summed E-state index contributed by atoms with van der Waals surface area (Å²) in [6.45, 7) is 6.64. The number of ether oxygens (including phenoxy) is 1. The molecule has 0 saturated carbocycles. The van der Waals surface area contributed by atoms with Gasteiger partial charge in [0.1, 0.15) is 0 Å². The molecule has 0 N–H and O–H groups in total. The number of piperidine rings is 1. The lowest BCUT2D eigenvalue weighted by Crippen LogP contribution is -2.49. The molecule has 3 saturated heterocycles. The highest BCUT2D eigenvalue weighted by molar-refractivity contribution is 7.99. The first-order valence-corrected chi connectivity index (χ1v) is 10.1. The summed E-state index contributed by atoms with van der Waals surface area (Å²) in [6, 6.07) is 0.571. The zero-order valence-corrected chi connectivity index (χ0v) is 14.7. The number of thioether (sulfide) groups is 1. The molecular formula is C17H30N2O2S. The summed E-state index contributed by atoms with van der Waals surface area (Å²) in [4.78, 5) is 17.2. The van der Waals surface area contributed by atoms with E-state index in [-0.39, 0.29) is 0 Å². The average Bonchev–Trinajstić information content (AvgIpc) is 3.20. The molecule has 5 heteroatoms. The lowest BCUT2D eigenvalue weighted by Gasteiger charge is -2.35. The maximum Gasteiger partial charge on any atom is 0.236 e. The molecule has 3 rings (SSSR count). The monoisotopic (exact) mass is 326 g/mol. The summed E-state index contributed by atoms with van der Waals surface area (Å²) in [5.41, 5.74) is 0. The normalized spacial score (nSPS) is 30.4. The van der Waals surface area contributed by atoms with Crippen molar-refractivity contribution >= 4 is 17.7 Å². The van der Waals surface area contributed by atoms with Gasteiger partial charge < -0.3 is 9.64 Å². The van der Waals surface area contributed by atoms with Crippen LogP contribution in [-0.2, 0) is 9.53 Å². The molecule has 126 valence electrons. The molecule has 22 heavy (non-hydrogen) atoms. The minimum atomic E-state index is 0.335. The van der Waals surface area contributed by atoms with E-state index in [4.69, 9.17) is 4.74 Å². The zero-order valence-electron chi connectivity index (χ0n) is 13.8. The molecule has 0 spiro atoms. The number of likely N-dealkylation sites (tertiary alicyclic amines) is 1. The van der Waals surface area contributed by atoms with Gasteiger partial charge in [-0.15, -0.1) is 0 Å². The first kappa shape index (κ1) is 16.6. The molecule has 4 nitrogen and oxygen atoms in total. The van der Waals surface area contributed by atoms with Gasteiger partial charge in [0.05, 0.1) is 12.6 Å². The molecule has 0 aromatic heterocycles. The molecule has 1 amide bonds. The van der Waals surface area contributed by atoms with Crippen LogP contribution < -0.4 is 0 Å². The van der Waals surface area contributed by atoms with Crippen molar-refractivity contribution in [3.63, 3.8) is 0 Å². The van der Waals surface area contributed by atoms with E-state index in [0.29, 0.717) is 24.6 Å². The van der Waals surface area contributed by atoms with Crippen LogP contribution in [0.5, 0.6) is 0 Å². The predicted octanol–water partition coefficient (Wildman–Crippen LogP) is 2.23. The van der Waals surface area contributed by atoms with Gasteiger partial charge in [0.2, 0.25) is 5.91 Å². The minimum Gasteiger partial charge on any atom is -0.377 e. The van der Waals surface area contributed by atoms with Crippen LogP contribution in [0.2, 0.25) is 0 Å². The van der Waals surface area contributed by atoms with E-state index in [1.54, 1.807) is 0 Å². The highest BCUT2D eigenvalue weighted by atomic mass is 32.2. The molecule has 2 atom stereocenters. The molecular weight excluding hydrogens is 296 g/mol. The first-order chi connectivity index (χ1) is 10.7. The van der Waals surface area contributed by atoms with E-state index in [1.165, 1.54) is 24.3 Å². The van der Waals surface area contributed by atoms with Crippen LogP contribution in [0.1, 0.15) is 39.0 Å². The van der Waals surface area contributed by atoms with Crippen LogP contribution in [-0.4, -0.2) is 72.1 Å².